The Bertz CT molecular complexity index is 1210. The molecule has 1 N–H and O–H groups in total. The molecule has 3 amide bonds. The van der Waals surface area contributed by atoms with Gasteiger partial charge in [-0.3, -0.25) is 19.3 Å². The van der Waals surface area contributed by atoms with Gasteiger partial charge in [-0.15, -0.1) is 0 Å². The number of allylic oxidation sites excluding steroid dienone is 2. The first-order valence-corrected chi connectivity index (χ1v) is 13.0. The van der Waals surface area contributed by atoms with Crippen LogP contribution in [0.3, 0.4) is 0 Å². The van der Waals surface area contributed by atoms with Crippen LogP contribution in [0, 0.1) is 35.5 Å². The van der Waals surface area contributed by atoms with Crippen LogP contribution in [0.25, 0.3) is 0 Å². The number of benzene rings is 2. The third kappa shape index (κ3) is 3.74. The van der Waals surface area contributed by atoms with Crippen molar-refractivity contribution in [3.05, 3.63) is 66.2 Å². The Morgan fingerprint density at radius 3 is 1.97 bits per heavy atom. The zero-order valence-electron chi connectivity index (χ0n) is 20.9. The number of imide groups is 1. The van der Waals surface area contributed by atoms with E-state index in [0.29, 0.717) is 23.3 Å². The molecule has 7 rings (SSSR count). The standard InChI is InChI=1S/C30H32N2O4/c1-4-30(2,3)17-5-9-19(10-6-17)36-20-11-7-18(8-12-20)31-25(33)16-32-28(34)26-21-13-14-22(24-15-23(21)24)27(26)29(32)35/h5-14,21-24,26-27H,4,15-16H2,1-3H3,(H,31,33)/t21-,22-,23-,24+,26-,27+/m1/s1. The van der Waals surface area contributed by atoms with Gasteiger partial charge in [0.1, 0.15) is 18.0 Å². The molecule has 2 bridgehead atoms. The van der Waals surface area contributed by atoms with Gasteiger partial charge in [-0.05, 0) is 83.9 Å². The molecule has 2 aromatic rings. The first kappa shape index (κ1) is 23.0. The number of hydrogen-bond donors (Lipinski definition) is 1. The first-order valence-electron chi connectivity index (χ1n) is 13.0. The van der Waals surface area contributed by atoms with Crippen molar-refractivity contribution in [1.29, 1.82) is 0 Å². The van der Waals surface area contributed by atoms with Crippen LogP contribution in [-0.2, 0) is 19.8 Å². The van der Waals surface area contributed by atoms with Crippen LogP contribution < -0.4 is 10.1 Å². The molecule has 186 valence electrons. The van der Waals surface area contributed by atoms with Gasteiger partial charge < -0.3 is 10.1 Å². The van der Waals surface area contributed by atoms with E-state index in [2.05, 4.69) is 50.4 Å². The summed E-state index contributed by atoms with van der Waals surface area (Å²) in [5, 5.41) is 2.81. The Morgan fingerprint density at radius 2 is 1.44 bits per heavy atom. The van der Waals surface area contributed by atoms with Crippen LogP contribution in [0.15, 0.2) is 60.7 Å². The number of amides is 3. The number of rotatable bonds is 7. The minimum Gasteiger partial charge on any atom is -0.457 e. The molecule has 0 radical (unpaired) electrons. The molecule has 0 unspecified atom stereocenters. The van der Waals surface area contributed by atoms with Crippen molar-refractivity contribution in [2.45, 2.75) is 39.0 Å². The van der Waals surface area contributed by atoms with Crippen LogP contribution >= 0.6 is 0 Å². The van der Waals surface area contributed by atoms with E-state index in [1.807, 2.05) is 12.1 Å². The van der Waals surface area contributed by atoms with Crippen LogP contribution in [0.5, 0.6) is 11.5 Å². The lowest BCUT2D eigenvalue weighted by atomic mass is 9.63. The lowest BCUT2D eigenvalue weighted by Crippen LogP contribution is -2.40. The summed E-state index contributed by atoms with van der Waals surface area (Å²) in [6.07, 6.45) is 6.46. The smallest absolute Gasteiger partial charge is 0.244 e. The fraction of sp³-hybridized carbons (Fsp3) is 0.433. The Kier molecular flexibility index (Phi) is 5.32. The van der Waals surface area contributed by atoms with Crippen molar-refractivity contribution in [1.82, 2.24) is 4.90 Å². The lowest BCUT2D eigenvalue weighted by molar-refractivity contribution is -0.142. The van der Waals surface area contributed by atoms with Crippen molar-refractivity contribution in [2.75, 3.05) is 11.9 Å². The maximum absolute atomic E-state index is 13.1. The highest BCUT2D eigenvalue weighted by Crippen LogP contribution is 2.65. The van der Waals surface area contributed by atoms with Crippen LogP contribution in [-0.4, -0.2) is 29.2 Å². The highest BCUT2D eigenvalue weighted by molar-refractivity contribution is 6.09. The van der Waals surface area contributed by atoms with Crippen LogP contribution in [0.2, 0.25) is 0 Å². The van der Waals surface area contributed by atoms with Crippen molar-refractivity contribution in [3.8, 4) is 11.5 Å². The Morgan fingerprint density at radius 1 is 0.917 bits per heavy atom. The van der Waals surface area contributed by atoms with Crippen LogP contribution in [0.4, 0.5) is 5.69 Å². The summed E-state index contributed by atoms with van der Waals surface area (Å²) in [4.78, 5) is 40.1. The van der Waals surface area contributed by atoms with Crippen LogP contribution in [0.1, 0.15) is 39.2 Å². The van der Waals surface area contributed by atoms with E-state index < -0.39 is 0 Å². The molecule has 0 spiro atoms. The quantitative estimate of drug-likeness (QED) is 0.435. The molecule has 6 nitrogen and oxygen atoms in total. The predicted molar refractivity (Wildman–Crippen MR) is 136 cm³/mol. The molecule has 4 aliphatic carbocycles. The maximum Gasteiger partial charge on any atom is 0.244 e. The second-order valence-electron chi connectivity index (χ2n) is 11.4. The van der Waals surface area contributed by atoms with E-state index in [9.17, 15) is 14.4 Å². The molecule has 1 aliphatic heterocycles. The summed E-state index contributed by atoms with van der Waals surface area (Å²) in [6.45, 7) is 6.39. The summed E-state index contributed by atoms with van der Waals surface area (Å²) in [5.41, 5.74) is 1.98. The maximum atomic E-state index is 13.1. The fourth-order valence-corrected chi connectivity index (χ4v) is 6.44. The van der Waals surface area contributed by atoms with Crippen molar-refractivity contribution < 1.29 is 19.1 Å². The zero-order chi connectivity index (χ0) is 25.2. The number of nitrogens with one attached hydrogen (secondary N) is 1. The molecule has 1 heterocycles. The highest BCUT2D eigenvalue weighted by Gasteiger charge is 2.67. The molecule has 6 heteroatoms. The van der Waals surface area contributed by atoms with Gasteiger partial charge >= 0.3 is 0 Å². The lowest BCUT2D eigenvalue weighted by Gasteiger charge is -2.37. The van der Waals surface area contributed by atoms with Gasteiger partial charge in [0.15, 0.2) is 0 Å². The predicted octanol–water partition coefficient (Wildman–Crippen LogP) is 5.16. The van der Waals surface area contributed by atoms with E-state index in [-0.39, 0.29) is 53.4 Å². The van der Waals surface area contributed by atoms with Crippen molar-refractivity contribution >= 4 is 23.4 Å². The normalized spacial score (nSPS) is 29.7. The summed E-state index contributed by atoms with van der Waals surface area (Å²) in [7, 11) is 0. The molecule has 36 heavy (non-hydrogen) atoms. The first-order chi connectivity index (χ1) is 17.3. The van der Waals surface area contributed by atoms with E-state index in [4.69, 9.17) is 4.74 Å². The second kappa shape index (κ2) is 8.32. The van der Waals surface area contributed by atoms with Crippen molar-refractivity contribution in [3.63, 3.8) is 0 Å². The summed E-state index contributed by atoms with van der Waals surface area (Å²) in [6, 6.07) is 15.2. The molecule has 2 saturated carbocycles. The third-order valence-electron chi connectivity index (χ3n) is 8.95. The SMILES string of the molecule is CCC(C)(C)c1ccc(Oc2ccc(NC(=O)CN3C(=O)[C@@H]4[C@@H]5C=C[C@H]([C@@H]6C[C@H]56)[C@@H]4C3=O)cc2)cc1. The molecule has 0 aromatic heterocycles. The van der Waals surface area contributed by atoms with E-state index >= 15 is 0 Å². The molecule has 2 aromatic carbocycles. The summed E-state index contributed by atoms with van der Waals surface area (Å²) in [5.74, 6) is 1.55. The van der Waals surface area contributed by atoms with E-state index in [1.54, 1.807) is 24.3 Å². The Hall–Kier alpha value is -3.41. The zero-order valence-corrected chi connectivity index (χ0v) is 20.9. The van der Waals surface area contributed by atoms with Gasteiger partial charge in [-0.25, -0.2) is 0 Å². The van der Waals surface area contributed by atoms with Gasteiger partial charge in [-0.1, -0.05) is 45.1 Å². The average Bonchev–Trinajstić information content (AvgIpc) is 3.66. The number of nitrogens with zero attached hydrogens (tertiary/aromatic N) is 1. The molecular formula is C30H32N2O4. The number of carbonyl (C=O) groups excluding carboxylic acids is 3. The molecule has 1 saturated heterocycles. The number of hydrogen-bond acceptors (Lipinski definition) is 4. The van der Waals surface area contributed by atoms with E-state index in [0.717, 1.165) is 18.6 Å². The molecule has 6 atom stereocenters. The number of carbonyl (C=O) groups is 3. The topological polar surface area (TPSA) is 75.7 Å². The fourth-order valence-electron chi connectivity index (χ4n) is 6.44. The number of likely N-dealkylation sites (tertiary alicyclic amines) is 1. The summed E-state index contributed by atoms with van der Waals surface area (Å²) < 4.78 is 5.95. The Balaban J connectivity index is 1.06. The highest BCUT2D eigenvalue weighted by atomic mass is 16.5. The van der Waals surface area contributed by atoms with E-state index in [1.165, 1.54) is 10.5 Å². The molecule has 5 aliphatic rings. The average molecular weight is 485 g/mol. The minimum absolute atomic E-state index is 0.123. The van der Waals surface area contributed by atoms with Gasteiger partial charge in [0.2, 0.25) is 17.7 Å². The van der Waals surface area contributed by atoms with Gasteiger partial charge in [0.25, 0.3) is 0 Å². The minimum atomic E-state index is -0.372. The van der Waals surface area contributed by atoms with Crippen molar-refractivity contribution in [2.24, 2.45) is 35.5 Å². The monoisotopic (exact) mass is 484 g/mol. The third-order valence-corrected chi connectivity index (χ3v) is 8.95. The second-order valence-corrected chi connectivity index (χ2v) is 11.4. The largest absolute Gasteiger partial charge is 0.457 e. The number of anilines is 1. The number of ether oxygens (including phenoxy) is 1. The molecular weight excluding hydrogens is 452 g/mol. The van der Waals surface area contributed by atoms with Gasteiger partial charge in [0.05, 0.1) is 11.8 Å². The van der Waals surface area contributed by atoms with Gasteiger partial charge in [-0.2, -0.15) is 0 Å². The Labute approximate surface area is 211 Å². The molecule has 3 fully saturated rings. The summed E-state index contributed by atoms with van der Waals surface area (Å²) >= 11 is 0. The van der Waals surface area contributed by atoms with Gasteiger partial charge in [0, 0.05) is 5.69 Å².